The molecular weight excluding hydrogens is 992 g/mol. The summed E-state index contributed by atoms with van der Waals surface area (Å²) in [6, 6.07) is 51.6. The maximum absolute atomic E-state index is 13.9. The van der Waals surface area contributed by atoms with Crippen molar-refractivity contribution < 1.29 is 19.2 Å². The van der Waals surface area contributed by atoms with E-state index in [1.807, 2.05) is 60.4 Å². The number of aromatic nitrogens is 2. The van der Waals surface area contributed by atoms with Crippen LogP contribution in [0.3, 0.4) is 0 Å². The molecule has 8 aromatic rings. The third-order valence-corrected chi connectivity index (χ3v) is 15.1. The van der Waals surface area contributed by atoms with Gasteiger partial charge in [-0.1, -0.05) is 145 Å². The predicted molar refractivity (Wildman–Crippen MR) is 307 cm³/mol. The molecule has 6 aromatic carbocycles. The van der Waals surface area contributed by atoms with E-state index in [1.54, 1.807) is 12.1 Å². The van der Waals surface area contributed by atoms with Crippen LogP contribution in [0.1, 0.15) is 93.1 Å². The van der Waals surface area contributed by atoms with Crippen molar-refractivity contribution in [2.24, 2.45) is 0 Å². The number of H-pyrrole nitrogens is 2. The van der Waals surface area contributed by atoms with E-state index < -0.39 is 11.7 Å². The number of halogens is 2. The Morgan fingerprint density at radius 3 is 1.33 bits per heavy atom. The van der Waals surface area contributed by atoms with Gasteiger partial charge in [0.25, 0.3) is 23.5 Å². The van der Waals surface area contributed by atoms with E-state index in [-0.39, 0.29) is 53.6 Å². The topological polar surface area (TPSA) is 128 Å². The fraction of sp³-hybridized carbons (Fsp3) is 0.290. The van der Waals surface area contributed by atoms with Crippen molar-refractivity contribution in [2.45, 2.75) is 63.9 Å². The smallest absolute Gasteiger partial charge is 0.294 e. The lowest BCUT2D eigenvalue weighted by atomic mass is 9.93. The van der Waals surface area contributed by atoms with Crippen LogP contribution in [0, 0.1) is 0 Å². The fourth-order valence-electron chi connectivity index (χ4n) is 10.6. The van der Waals surface area contributed by atoms with Crippen molar-refractivity contribution in [3.63, 3.8) is 0 Å². The molecule has 0 radical (unpaired) electrons. The molecule has 12 nitrogen and oxygen atoms in total. The number of aromatic amines is 2. The van der Waals surface area contributed by atoms with Gasteiger partial charge in [-0.3, -0.25) is 29.0 Å². The Hall–Kier alpha value is -7.06. The number of Topliss-reactive ketones (excluding diaryl/α,β-unsaturated/α-hetero) is 1. The standard InChI is InChI=1S/C32H33ClN4O3.C28H28ClN3O.C2H7N/c1-20-19-37(21(2)18-36(20)29(22-11-7-5-8-12-22)23-13-9-6-10-14-23)31(39)25-15-24-26(30(38)32(40)35(3)4)17-34-28(24)16-27(25)33;1-19-18-32(28(33)24-15-23-13-14-30-26(23)16-25(24)29)20(2)17-31(19)27(21-9-5-3-6-10-21)22-11-7-4-8-12-22;1-3-2/h5-17,20-21,29,34H,18-19H2,1-4H3;3-16,19-20,27,30H,17-18H2,1-2H3;3H,1-2H3/t20-,21+;19-,20+;/m00./s1. The summed E-state index contributed by atoms with van der Waals surface area (Å²) in [6.45, 7) is 11.2. The molecule has 0 aliphatic carbocycles. The maximum Gasteiger partial charge on any atom is 0.294 e. The van der Waals surface area contributed by atoms with Crippen LogP contribution in [0.2, 0.25) is 10.0 Å². The monoisotopic (exact) mass is 1060 g/mol. The van der Waals surface area contributed by atoms with Crippen LogP contribution >= 0.6 is 23.2 Å². The lowest BCUT2D eigenvalue weighted by Crippen LogP contribution is -2.58. The van der Waals surface area contributed by atoms with Gasteiger partial charge in [0.1, 0.15) is 0 Å². The van der Waals surface area contributed by atoms with Crippen molar-refractivity contribution >= 4 is 68.5 Å². The number of hydrogen-bond acceptors (Lipinski definition) is 7. The van der Waals surface area contributed by atoms with E-state index in [4.69, 9.17) is 23.2 Å². The molecule has 2 saturated heterocycles. The van der Waals surface area contributed by atoms with Crippen LogP contribution in [0.5, 0.6) is 0 Å². The number of ketones is 1. The molecule has 2 fully saturated rings. The Morgan fingerprint density at radius 1 is 0.526 bits per heavy atom. The zero-order valence-electron chi connectivity index (χ0n) is 44.5. The first-order valence-electron chi connectivity index (χ1n) is 25.9. The molecule has 2 aliphatic rings. The minimum Gasteiger partial charge on any atom is -0.361 e. The number of piperazine rings is 2. The highest BCUT2D eigenvalue weighted by Gasteiger charge is 2.39. The number of rotatable bonds is 10. The number of fused-ring (bicyclic) bond motifs is 2. The second kappa shape index (κ2) is 24.7. The highest BCUT2D eigenvalue weighted by molar-refractivity contribution is 6.45. The summed E-state index contributed by atoms with van der Waals surface area (Å²) >= 11 is 13.1. The molecule has 4 heterocycles. The van der Waals surface area contributed by atoms with Gasteiger partial charge in [0.2, 0.25) is 0 Å². The van der Waals surface area contributed by atoms with Crippen LogP contribution < -0.4 is 5.32 Å². The van der Waals surface area contributed by atoms with Gasteiger partial charge in [-0.05, 0) is 94.4 Å². The van der Waals surface area contributed by atoms with Crippen molar-refractivity contribution in [1.82, 2.24) is 39.8 Å². The molecular formula is C62H68Cl2N8O4. The van der Waals surface area contributed by atoms with Crippen LogP contribution in [0.4, 0.5) is 0 Å². The Labute approximate surface area is 456 Å². The van der Waals surface area contributed by atoms with Crippen molar-refractivity contribution in [3.05, 3.63) is 213 Å². The van der Waals surface area contributed by atoms with Crippen LogP contribution in [0.25, 0.3) is 21.8 Å². The number of carbonyl (C=O) groups excluding carboxylic acids is 4. The Bertz CT molecular complexity index is 3180. The largest absolute Gasteiger partial charge is 0.361 e. The van der Waals surface area contributed by atoms with E-state index in [0.717, 1.165) is 17.4 Å². The number of likely N-dealkylation sites (N-methyl/N-ethyl adjacent to an activating group) is 1. The minimum atomic E-state index is -0.638. The molecule has 0 saturated carbocycles. The first-order valence-corrected chi connectivity index (χ1v) is 26.6. The highest BCUT2D eigenvalue weighted by Crippen LogP contribution is 2.37. The lowest BCUT2D eigenvalue weighted by Gasteiger charge is -2.47. The van der Waals surface area contributed by atoms with Crippen molar-refractivity contribution in [3.8, 4) is 0 Å². The quantitative estimate of drug-likeness (QED) is 0.0919. The summed E-state index contributed by atoms with van der Waals surface area (Å²) in [5.41, 5.74) is 7.59. The van der Waals surface area contributed by atoms with E-state index >= 15 is 0 Å². The molecule has 2 aliphatic heterocycles. The molecule has 0 bridgehead atoms. The molecule has 3 amide bonds. The molecule has 2 aromatic heterocycles. The predicted octanol–water partition coefficient (Wildman–Crippen LogP) is 11.4. The van der Waals surface area contributed by atoms with Crippen LogP contribution in [-0.2, 0) is 4.79 Å². The molecule has 10 rings (SSSR count). The molecule has 394 valence electrons. The number of carbonyl (C=O) groups is 4. The van der Waals surface area contributed by atoms with Crippen LogP contribution in [-0.4, -0.2) is 137 Å². The summed E-state index contributed by atoms with van der Waals surface area (Å²) in [4.78, 5) is 68.9. The van der Waals surface area contributed by atoms with Crippen LogP contribution in [0.15, 0.2) is 164 Å². The average Bonchev–Trinajstić information content (AvgIpc) is 4.07. The van der Waals surface area contributed by atoms with Gasteiger partial charge in [0, 0.05) is 98.6 Å². The Balaban J connectivity index is 0.000000195. The first-order chi connectivity index (χ1) is 36.6. The third kappa shape index (κ3) is 12.0. The van der Waals surface area contributed by atoms with Gasteiger partial charge < -0.3 is 30.0 Å². The zero-order valence-corrected chi connectivity index (χ0v) is 46.0. The van der Waals surface area contributed by atoms with Crippen molar-refractivity contribution in [2.75, 3.05) is 54.4 Å². The summed E-state index contributed by atoms with van der Waals surface area (Å²) < 4.78 is 0. The molecule has 76 heavy (non-hydrogen) atoms. The normalized spacial score (nSPS) is 18.0. The zero-order chi connectivity index (χ0) is 54.2. The molecule has 14 heteroatoms. The van der Waals surface area contributed by atoms with Gasteiger partial charge in [0.05, 0.1) is 38.8 Å². The SMILES string of the molecule is CNC.C[C@@H]1CN(C(c2ccccc2)c2ccccc2)[C@@H](C)CN1C(=O)c1cc2c(C(=O)C(=O)N(C)C)c[nH]c2cc1Cl.C[C@@H]1CN(C(c2ccccc2)c2ccccc2)[C@@H](C)CN1C(=O)c1cc2cc[nH]c2cc1Cl. The minimum absolute atomic E-state index is 0.00178. The van der Waals surface area contributed by atoms with Gasteiger partial charge >= 0.3 is 0 Å². The van der Waals surface area contributed by atoms with Gasteiger partial charge in [-0.25, -0.2) is 0 Å². The first kappa shape index (κ1) is 55.2. The lowest BCUT2D eigenvalue weighted by molar-refractivity contribution is -0.124. The fourth-order valence-corrected chi connectivity index (χ4v) is 11.1. The summed E-state index contributed by atoms with van der Waals surface area (Å²) in [6.07, 6.45) is 3.36. The van der Waals surface area contributed by atoms with Gasteiger partial charge in [0.15, 0.2) is 0 Å². The van der Waals surface area contributed by atoms with Gasteiger partial charge in [-0.2, -0.15) is 0 Å². The van der Waals surface area contributed by atoms with E-state index in [9.17, 15) is 19.2 Å². The summed E-state index contributed by atoms with van der Waals surface area (Å²) in [5, 5.41) is 5.03. The van der Waals surface area contributed by atoms with E-state index in [1.165, 1.54) is 47.4 Å². The number of amides is 3. The Kier molecular flexibility index (Phi) is 18.0. The molecule has 0 spiro atoms. The Morgan fingerprint density at radius 2 is 0.921 bits per heavy atom. The molecule has 0 unspecified atom stereocenters. The van der Waals surface area contributed by atoms with E-state index in [2.05, 4.69) is 162 Å². The highest BCUT2D eigenvalue weighted by atomic mass is 35.5. The maximum atomic E-state index is 13.9. The van der Waals surface area contributed by atoms with E-state index in [0.29, 0.717) is 51.7 Å². The average molecular weight is 1060 g/mol. The number of hydrogen-bond donors (Lipinski definition) is 3. The number of nitrogens with one attached hydrogen (secondary N) is 3. The van der Waals surface area contributed by atoms with Crippen molar-refractivity contribution in [1.29, 1.82) is 0 Å². The molecule has 3 N–H and O–H groups in total. The second-order valence-corrected chi connectivity index (χ2v) is 21.0. The summed E-state index contributed by atoms with van der Waals surface area (Å²) in [5.74, 6) is -1.47. The molecule has 4 atom stereocenters. The number of nitrogens with zero attached hydrogens (tertiary/aromatic N) is 5. The second-order valence-electron chi connectivity index (χ2n) is 20.2. The third-order valence-electron chi connectivity index (χ3n) is 14.4. The number of benzene rings is 6. The van der Waals surface area contributed by atoms with Gasteiger partial charge in [-0.15, -0.1) is 0 Å². The summed E-state index contributed by atoms with van der Waals surface area (Å²) in [7, 11) is 6.81.